The second-order valence-corrected chi connectivity index (χ2v) is 4.84. The van der Waals surface area contributed by atoms with Gasteiger partial charge in [0, 0.05) is 12.4 Å². The molecule has 1 heterocycles. The van der Waals surface area contributed by atoms with Gasteiger partial charge in [0.05, 0.1) is 6.10 Å². The van der Waals surface area contributed by atoms with E-state index in [1.807, 2.05) is 13.0 Å². The van der Waals surface area contributed by atoms with Crippen LogP contribution in [0.2, 0.25) is 0 Å². The summed E-state index contributed by atoms with van der Waals surface area (Å²) in [6.07, 6.45) is 4.73. The highest BCUT2D eigenvalue weighted by Crippen LogP contribution is 2.19. The van der Waals surface area contributed by atoms with Gasteiger partial charge in [-0.2, -0.15) is 0 Å². The lowest BCUT2D eigenvalue weighted by Crippen LogP contribution is -2.00. The minimum absolute atomic E-state index is 0.432. The highest BCUT2D eigenvalue weighted by atomic mass is 16.3. The van der Waals surface area contributed by atoms with Crippen LogP contribution in [0, 0.1) is 13.8 Å². The first-order chi connectivity index (χ1) is 8.65. The molecule has 1 atom stereocenters. The molecule has 0 saturated heterocycles. The predicted octanol–water partition coefficient (Wildman–Crippen LogP) is 3.36. The number of hydrogen-bond acceptors (Lipinski definition) is 2. The molecule has 0 aliphatic rings. The third kappa shape index (κ3) is 3.41. The van der Waals surface area contributed by atoms with Gasteiger partial charge >= 0.3 is 0 Å². The van der Waals surface area contributed by atoms with E-state index in [0.717, 1.165) is 24.0 Å². The number of benzene rings is 1. The van der Waals surface area contributed by atoms with Crippen LogP contribution < -0.4 is 0 Å². The van der Waals surface area contributed by atoms with Gasteiger partial charge in [-0.15, -0.1) is 0 Å². The van der Waals surface area contributed by atoms with Gasteiger partial charge in [-0.1, -0.05) is 35.9 Å². The summed E-state index contributed by atoms with van der Waals surface area (Å²) in [5.41, 5.74) is 4.52. The van der Waals surface area contributed by atoms with Crippen molar-refractivity contribution in [2.24, 2.45) is 0 Å². The van der Waals surface area contributed by atoms with Crippen molar-refractivity contribution in [2.75, 3.05) is 0 Å². The lowest BCUT2D eigenvalue weighted by atomic mass is 10.0. The van der Waals surface area contributed by atoms with Crippen molar-refractivity contribution < 1.29 is 5.11 Å². The Labute approximate surface area is 108 Å². The van der Waals surface area contributed by atoms with Gasteiger partial charge in [-0.3, -0.25) is 4.98 Å². The zero-order valence-electron chi connectivity index (χ0n) is 10.9. The SMILES string of the molecule is Cc1ccc(CCC(O)c2cncc(C)c2)cc1. The quantitative estimate of drug-likeness (QED) is 0.890. The van der Waals surface area contributed by atoms with Crippen LogP contribution in [0.25, 0.3) is 0 Å². The zero-order valence-corrected chi connectivity index (χ0v) is 10.9. The molecule has 0 aliphatic carbocycles. The van der Waals surface area contributed by atoms with E-state index in [9.17, 15) is 5.11 Å². The van der Waals surface area contributed by atoms with Gasteiger partial charge < -0.3 is 5.11 Å². The van der Waals surface area contributed by atoms with Crippen molar-refractivity contribution in [3.63, 3.8) is 0 Å². The molecule has 94 valence electrons. The third-order valence-electron chi connectivity index (χ3n) is 3.11. The first kappa shape index (κ1) is 12.8. The molecular weight excluding hydrogens is 222 g/mol. The first-order valence-corrected chi connectivity index (χ1v) is 6.30. The predicted molar refractivity (Wildman–Crippen MR) is 73.4 cm³/mol. The van der Waals surface area contributed by atoms with E-state index in [2.05, 4.69) is 36.2 Å². The van der Waals surface area contributed by atoms with Gasteiger partial charge in [0.1, 0.15) is 0 Å². The molecule has 0 fully saturated rings. The highest BCUT2D eigenvalue weighted by molar-refractivity contribution is 5.22. The molecule has 1 aromatic carbocycles. The molecule has 18 heavy (non-hydrogen) atoms. The average molecular weight is 241 g/mol. The number of rotatable bonds is 4. The molecule has 0 spiro atoms. The molecule has 0 amide bonds. The fourth-order valence-corrected chi connectivity index (χ4v) is 1.99. The van der Waals surface area contributed by atoms with Crippen molar-refractivity contribution in [2.45, 2.75) is 32.8 Å². The first-order valence-electron chi connectivity index (χ1n) is 6.30. The molecule has 2 heteroatoms. The van der Waals surface area contributed by atoms with Crippen LogP contribution in [0.5, 0.6) is 0 Å². The standard InChI is InChI=1S/C16H19NO/c1-12-3-5-14(6-4-12)7-8-16(18)15-9-13(2)10-17-11-15/h3-6,9-11,16,18H,7-8H2,1-2H3. The van der Waals surface area contributed by atoms with Crippen LogP contribution >= 0.6 is 0 Å². The van der Waals surface area contributed by atoms with E-state index < -0.39 is 6.10 Å². The molecule has 0 aliphatic heterocycles. The van der Waals surface area contributed by atoms with Crippen LogP contribution in [-0.2, 0) is 6.42 Å². The molecule has 1 aromatic heterocycles. The maximum atomic E-state index is 10.1. The summed E-state index contributed by atoms with van der Waals surface area (Å²) in [6.45, 7) is 4.07. The normalized spacial score (nSPS) is 12.4. The Morgan fingerprint density at radius 3 is 2.44 bits per heavy atom. The average Bonchev–Trinajstić information content (AvgIpc) is 2.38. The molecule has 0 radical (unpaired) electrons. The lowest BCUT2D eigenvalue weighted by molar-refractivity contribution is 0.167. The van der Waals surface area contributed by atoms with Crippen molar-refractivity contribution in [3.8, 4) is 0 Å². The Kier molecular flexibility index (Phi) is 4.11. The minimum atomic E-state index is -0.432. The van der Waals surface area contributed by atoms with Crippen LogP contribution in [-0.4, -0.2) is 10.1 Å². The summed E-state index contributed by atoms with van der Waals surface area (Å²) in [5, 5.41) is 10.1. The van der Waals surface area contributed by atoms with Crippen molar-refractivity contribution in [3.05, 3.63) is 65.0 Å². The largest absolute Gasteiger partial charge is 0.388 e. The number of aromatic nitrogens is 1. The van der Waals surface area contributed by atoms with Crippen LogP contribution in [0.3, 0.4) is 0 Å². The monoisotopic (exact) mass is 241 g/mol. The van der Waals surface area contributed by atoms with Gasteiger partial charge in [0.15, 0.2) is 0 Å². The van der Waals surface area contributed by atoms with E-state index in [1.165, 1.54) is 11.1 Å². The number of aliphatic hydroxyl groups excluding tert-OH is 1. The van der Waals surface area contributed by atoms with Crippen molar-refractivity contribution in [1.82, 2.24) is 4.98 Å². The summed E-state index contributed by atoms with van der Waals surface area (Å²) in [4.78, 5) is 4.11. The molecular formula is C16H19NO. The topological polar surface area (TPSA) is 33.1 Å². The molecule has 1 unspecified atom stereocenters. The minimum Gasteiger partial charge on any atom is -0.388 e. The Hall–Kier alpha value is -1.67. The summed E-state index contributed by atoms with van der Waals surface area (Å²) in [5.74, 6) is 0. The Morgan fingerprint density at radius 1 is 1.06 bits per heavy atom. The fourth-order valence-electron chi connectivity index (χ4n) is 1.99. The van der Waals surface area contributed by atoms with E-state index in [1.54, 1.807) is 12.4 Å². The van der Waals surface area contributed by atoms with Gasteiger partial charge in [0.2, 0.25) is 0 Å². The molecule has 1 N–H and O–H groups in total. The highest BCUT2D eigenvalue weighted by Gasteiger charge is 2.08. The number of pyridine rings is 1. The number of aryl methyl sites for hydroxylation is 3. The molecule has 2 rings (SSSR count). The maximum absolute atomic E-state index is 10.1. The third-order valence-corrected chi connectivity index (χ3v) is 3.11. The summed E-state index contributed by atoms with van der Waals surface area (Å²) in [6, 6.07) is 10.5. The molecule has 2 nitrogen and oxygen atoms in total. The van der Waals surface area contributed by atoms with Crippen molar-refractivity contribution >= 4 is 0 Å². The maximum Gasteiger partial charge on any atom is 0.0808 e. The van der Waals surface area contributed by atoms with Crippen LogP contribution in [0.15, 0.2) is 42.7 Å². The summed E-state index contributed by atoms with van der Waals surface area (Å²) >= 11 is 0. The second kappa shape index (κ2) is 5.78. The van der Waals surface area contributed by atoms with Gasteiger partial charge in [0.25, 0.3) is 0 Å². The van der Waals surface area contributed by atoms with Crippen LogP contribution in [0.4, 0.5) is 0 Å². The van der Waals surface area contributed by atoms with E-state index in [-0.39, 0.29) is 0 Å². The van der Waals surface area contributed by atoms with E-state index in [4.69, 9.17) is 0 Å². The van der Waals surface area contributed by atoms with Crippen LogP contribution in [0.1, 0.15) is 34.8 Å². The smallest absolute Gasteiger partial charge is 0.0808 e. The fraction of sp³-hybridized carbons (Fsp3) is 0.312. The summed E-state index contributed by atoms with van der Waals surface area (Å²) in [7, 11) is 0. The molecule has 2 aromatic rings. The summed E-state index contributed by atoms with van der Waals surface area (Å²) < 4.78 is 0. The Balaban J connectivity index is 1.96. The van der Waals surface area contributed by atoms with E-state index in [0.29, 0.717) is 0 Å². The van der Waals surface area contributed by atoms with Crippen molar-refractivity contribution in [1.29, 1.82) is 0 Å². The zero-order chi connectivity index (χ0) is 13.0. The number of aliphatic hydroxyl groups is 1. The van der Waals surface area contributed by atoms with Gasteiger partial charge in [-0.05, 0) is 43.4 Å². The number of hydrogen-bond donors (Lipinski definition) is 1. The molecule has 0 saturated carbocycles. The van der Waals surface area contributed by atoms with E-state index >= 15 is 0 Å². The Bertz CT molecular complexity index is 505. The lowest BCUT2D eigenvalue weighted by Gasteiger charge is -2.11. The van der Waals surface area contributed by atoms with Gasteiger partial charge in [-0.25, -0.2) is 0 Å². The molecule has 0 bridgehead atoms. The number of nitrogens with zero attached hydrogens (tertiary/aromatic N) is 1. The second-order valence-electron chi connectivity index (χ2n) is 4.84. The Morgan fingerprint density at radius 2 is 1.78 bits per heavy atom.